The third-order valence-corrected chi connectivity index (χ3v) is 5.15. The standard InChI is InChI=1S/C21H24N2S/c1-5-17-6-8-18(9-7-17)19-13-24-20(23-19)12-22-21-15(3)10-14(2)11-16(21)4/h6-11,13,22H,5,12H2,1-4H3. The van der Waals surface area contributed by atoms with Crippen molar-refractivity contribution in [3.05, 3.63) is 69.0 Å². The zero-order chi connectivity index (χ0) is 17.1. The molecule has 24 heavy (non-hydrogen) atoms. The van der Waals surface area contributed by atoms with Crippen molar-refractivity contribution in [3.8, 4) is 11.3 Å². The van der Waals surface area contributed by atoms with Crippen LogP contribution in [-0.4, -0.2) is 4.98 Å². The van der Waals surface area contributed by atoms with Gasteiger partial charge < -0.3 is 5.32 Å². The quantitative estimate of drug-likeness (QED) is 0.626. The smallest absolute Gasteiger partial charge is 0.112 e. The molecule has 0 unspecified atom stereocenters. The van der Waals surface area contributed by atoms with E-state index in [0.717, 1.165) is 23.7 Å². The minimum atomic E-state index is 0.766. The lowest BCUT2D eigenvalue weighted by Crippen LogP contribution is -2.03. The zero-order valence-corrected chi connectivity index (χ0v) is 15.6. The fraction of sp³-hybridized carbons (Fsp3) is 0.286. The maximum Gasteiger partial charge on any atom is 0.112 e. The summed E-state index contributed by atoms with van der Waals surface area (Å²) in [5, 5.41) is 6.82. The highest BCUT2D eigenvalue weighted by molar-refractivity contribution is 7.09. The van der Waals surface area contributed by atoms with Crippen molar-refractivity contribution in [2.75, 3.05) is 5.32 Å². The molecule has 3 rings (SSSR count). The fourth-order valence-corrected chi connectivity index (χ4v) is 3.80. The Bertz CT molecular complexity index is 808. The summed E-state index contributed by atoms with van der Waals surface area (Å²) in [5.74, 6) is 0. The minimum Gasteiger partial charge on any atom is -0.378 e. The molecule has 1 N–H and O–H groups in total. The Morgan fingerprint density at radius 2 is 1.67 bits per heavy atom. The predicted molar refractivity (Wildman–Crippen MR) is 105 cm³/mol. The Kier molecular flexibility index (Phi) is 5.00. The fourth-order valence-electron chi connectivity index (χ4n) is 3.06. The number of rotatable bonds is 5. The number of benzene rings is 2. The Labute approximate surface area is 148 Å². The van der Waals surface area contributed by atoms with E-state index in [1.807, 2.05) is 0 Å². The van der Waals surface area contributed by atoms with E-state index in [4.69, 9.17) is 4.98 Å². The van der Waals surface area contributed by atoms with Crippen LogP contribution in [0.15, 0.2) is 41.8 Å². The van der Waals surface area contributed by atoms with Crippen LogP contribution in [0.5, 0.6) is 0 Å². The third-order valence-electron chi connectivity index (χ3n) is 4.30. The summed E-state index contributed by atoms with van der Waals surface area (Å²) in [4.78, 5) is 4.78. The highest BCUT2D eigenvalue weighted by Crippen LogP contribution is 2.25. The highest BCUT2D eigenvalue weighted by atomic mass is 32.1. The number of thiazole rings is 1. The van der Waals surface area contributed by atoms with Crippen molar-refractivity contribution < 1.29 is 0 Å². The summed E-state index contributed by atoms with van der Waals surface area (Å²) in [6.45, 7) is 9.40. The lowest BCUT2D eigenvalue weighted by atomic mass is 10.1. The first kappa shape index (κ1) is 16.7. The van der Waals surface area contributed by atoms with Crippen LogP contribution < -0.4 is 5.32 Å². The van der Waals surface area contributed by atoms with Gasteiger partial charge in [0.05, 0.1) is 12.2 Å². The van der Waals surface area contributed by atoms with Gasteiger partial charge in [-0.25, -0.2) is 4.98 Å². The summed E-state index contributed by atoms with van der Waals surface area (Å²) in [6.07, 6.45) is 1.07. The lowest BCUT2D eigenvalue weighted by molar-refractivity contribution is 1.09. The monoisotopic (exact) mass is 336 g/mol. The molecule has 3 aromatic rings. The molecule has 2 aromatic carbocycles. The molecule has 0 amide bonds. The van der Waals surface area contributed by atoms with Gasteiger partial charge in [0.25, 0.3) is 0 Å². The van der Waals surface area contributed by atoms with Gasteiger partial charge in [-0.1, -0.05) is 48.9 Å². The van der Waals surface area contributed by atoms with Crippen LogP contribution in [0.4, 0.5) is 5.69 Å². The van der Waals surface area contributed by atoms with Crippen molar-refractivity contribution in [2.24, 2.45) is 0 Å². The van der Waals surface area contributed by atoms with Gasteiger partial charge in [0, 0.05) is 16.6 Å². The van der Waals surface area contributed by atoms with Crippen LogP contribution in [0.3, 0.4) is 0 Å². The predicted octanol–water partition coefficient (Wildman–Crippen LogP) is 5.91. The SMILES string of the molecule is CCc1ccc(-c2csc(CNc3c(C)cc(C)cc3C)n2)cc1. The van der Waals surface area contributed by atoms with E-state index in [1.165, 1.54) is 33.5 Å². The van der Waals surface area contributed by atoms with E-state index < -0.39 is 0 Å². The molecule has 0 aliphatic heterocycles. The number of anilines is 1. The molecule has 0 aliphatic rings. The molecule has 0 atom stereocenters. The molecule has 0 saturated carbocycles. The molecule has 0 spiro atoms. The normalized spacial score (nSPS) is 10.8. The van der Waals surface area contributed by atoms with Crippen molar-refractivity contribution in [2.45, 2.75) is 40.7 Å². The second-order valence-corrected chi connectivity index (χ2v) is 7.25. The highest BCUT2D eigenvalue weighted by Gasteiger charge is 2.07. The lowest BCUT2D eigenvalue weighted by Gasteiger charge is -2.12. The number of aromatic nitrogens is 1. The van der Waals surface area contributed by atoms with Gasteiger partial charge in [-0.15, -0.1) is 11.3 Å². The second kappa shape index (κ2) is 7.18. The molecule has 0 bridgehead atoms. The van der Waals surface area contributed by atoms with E-state index >= 15 is 0 Å². The van der Waals surface area contributed by atoms with E-state index in [1.54, 1.807) is 11.3 Å². The summed E-state index contributed by atoms with van der Waals surface area (Å²) >= 11 is 1.71. The van der Waals surface area contributed by atoms with Gasteiger partial charge in [-0.3, -0.25) is 0 Å². The van der Waals surface area contributed by atoms with Gasteiger partial charge in [0.1, 0.15) is 5.01 Å². The molecule has 0 fully saturated rings. The van der Waals surface area contributed by atoms with Gasteiger partial charge in [0.2, 0.25) is 0 Å². The number of nitrogens with one attached hydrogen (secondary N) is 1. The van der Waals surface area contributed by atoms with Crippen molar-refractivity contribution >= 4 is 17.0 Å². The summed E-state index contributed by atoms with van der Waals surface area (Å²) < 4.78 is 0. The topological polar surface area (TPSA) is 24.9 Å². The van der Waals surface area contributed by atoms with E-state index in [0.29, 0.717) is 0 Å². The number of hydrogen-bond donors (Lipinski definition) is 1. The van der Waals surface area contributed by atoms with Gasteiger partial charge in [-0.2, -0.15) is 0 Å². The molecule has 2 nitrogen and oxygen atoms in total. The molecule has 0 saturated heterocycles. The largest absolute Gasteiger partial charge is 0.378 e. The Morgan fingerprint density at radius 3 is 2.29 bits per heavy atom. The zero-order valence-electron chi connectivity index (χ0n) is 14.8. The first-order chi connectivity index (χ1) is 11.6. The van der Waals surface area contributed by atoms with Crippen LogP contribution in [0.1, 0.15) is 34.2 Å². The van der Waals surface area contributed by atoms with Crippen molar-refractivity contribution in [3.63, 3.8) is 0 Å². The molecule has 1 aromatic heterocycles. The van der Waals surface area contributed by atoms with Crippen LogP contribution in [-0.2, 0) is 13.0 Å². The third kappa shape index (κ3) is 3.68. The van der Waals surface area contributed by atoms with E-state index in [9.17, 15) is 0 Å². The average Bonchev–Trinajstić information content (AvgIpc) is 3.03. The average molecular weight is 337 g/mol. The molecule has 3 heteroatoms. The van der Waals surface area contributed by atoms with E-state index in [-0.39, 0.29) is 0 Å². The van der Waals surface area contributed by atoms with E-state index in [2.05, 4.69) is 74.8 Å². The molecule has 0 radical (unpaired) electrons. The number of nitrogens with zero attached hydrogens (tertiary/aromatic N) is 1. The molecule has 0 aliphatic carbocycles. The van der Waals surface area contributed by atoms with Crippen LogP contribution in [0, 0.1) is 20.8 Å². The van der Waals surface area contributed by atoms with Crippen molar-refractivity contribution in [1.29, 1.82) is 0 Å². The Morgan fingerprint density at radius 1 is 1.00 bits per heavy atom. The minimum absolute atomic E-state index is 0.766. The maximum atomic E-state index is 4.78. The Balaban J connectivity index is 1.72. The number of aryl methyl sites for hydroxylation is 4. The molecular formula is C21H24N2S. The van der Waals surface area contributed by atoms with Gasteiger partial charge in [0.15, 0.2) is 0 Å². The molecular weight excluding hydrogens is 312 g/mol. The second-order valence-electron chi connectivity index (χ2n) is 6.30. The van der Waals surface area contributed by atoms with Crippen LogP contribution >= 0.6 is 11.3 Å². The summed E-state index contributed by atoms with van der Waals surface area (Å²) in [7, 11) is 0. The molecule has 124 valence electrons. The van der Waals surface area contributed by atoms with Crippen LogP contribution in [0.2, 0.25) is 0 Å². The first-order valence-electron chi connectivity index (χ1n) is 8.42. The Hall–Kier alpha value is -2.13. The first-order valence-corrected chi connectivity index (χ1v) is 9.30. The summed E-state index contributed by atoms with van der Waals surface area (Å²) in [5.41, 5.74) is 8.74. The van der Waals surface area contributed by atoms with Gasteiger partial charge in [-0.05, 0) is 43.9 Å². The van der Waals surface area contributed by atoms with Crippen molar-refractivity contribution in [1.82, 2.24) is 4.98 Å². The van der Waals surface area contributed by atoms with Crippen LogP contribution in [0.25, 0.3) is 11.3 Å². The van der Waals surface area contributed by atoms with Gasteiger partial charge >= 0.3 is 0 Å². The summed E-state index contributed by atoms with van der Waals surface area (Å²) in [6, 6.07) is 13.1. The maximum absolute atomic E-state index is 4.78. The number of hydrogen-bond acceptors (Lipinski definition) is 3. The molecule has 1 heterocycles.